The summed E-state index contributed by atoms with van der Waals surface area (Å²) in [7, 11) is 0. The van der Waals surface area contributed by atoms with Gasteiger partial charge in [-0.2, -0.15) is 4.98 Å². The summed E-state index contributed by atoms with van der Waals surface area (Å²) in [5.41, 5.74) is 0.396. The Morgan fingerprint density at radius 3 is 2.55 bits per heavy atom. The van der Waals surface area contributed by atoms with Crippen LogP contribution in [-0.4, -0.2) is 21.8 Å². The van der Waals surface area contributed by atoms with E-state index in [-0.39, 0.29) is 39.5 Å². The summed E-state index contributed by atoms with van der Waals surface area (Å²) in [4.78, 5) is 44.7. The van der Waals surface area contributed by atoms with Gasteiger partial charge < -0.3 is 16.0 Å². The first kappa shape index (κ1) is 21.2. The third-order valence-electron chi connectivity index (χ3n) is 4.58. The van der Waals surface area contributed by atoms with Crippen LogP contribution in [0.2, 0.25) is 15.1 Å². The highest BCUT2D eigenvalue weighted by molar-refractivity contribution is 6.44. The minimum absolute atomic E-state index is 0.00815. The number of halogens is 3. The number of carbonyl (C=O) groups excluding carboxylic acids is 2. The van der Waals surface area contributed by atoms with Crippen LogP contribution in [0.3, 0.4) is 0 Å². The van der Waals surface area contributed by atoms with E-state index in [0.29, 0.717) is 10.7 Å². The van der Waals surface area contributed by atoms with Gasteiger partial charge in [-0.25, -0.2) is 0 Å². The molecule has 0 saturated heterocycles. The van der Waals surface area contributed by atoms with Crippen molar-refractivity contribution in [3.05, 3.63) is 73.4 Å². The van der Waals surface area contributed by atoms with Crippen LogP contribution in [0.1, 0.15) is 17.9 Å². The Labute approximate surface area is 190 Å². The predicted molar refractivity (Wildman–Crippen MR) is 121 cm³/mol. The van der Waals surface area contributed by atoms with Crippen LogP contribution in [0.15, 0.2) is 47.3 Å². The molecule has 1 atom stereocenters. The molecule has 1 aliphatic heterocycles. The lowest BCUT2D eigenvalue weighted by molar-refractivity contribution is -0.123. The van der Waals surface area contributed by atoms with Crippen molar-refractivity contribution in [2.24, 2.45) is 0 Å². The number of nitrogens with one attached hydrogen (secondary N) is 4. The van der Waals surface area contributed by atoms with Crippen molar-refractivity contribution in [2.45, 2.75) is 12.3 Å². The van der Waals surface area contributed by atoms with Crippen molar-refractivity contribution in [3.8, 4) is 0 Å². The van der Waals surface area contributed by atoms with E-state index < -0.39 is 23.3 Å². The largest absolute Gasteiger partial charge is 0.326 e. The van der Waals surface area contributed by atoms with Crippen LogP contribution < -0.4 is 21.5 Å². The van der Waals surface area contributed by atoms with Crippen LogP contribution >= 0.6 is 34.8 Å². The Balaban J connectivity index is 1.65. The summed E-state index contributed by atoms with van der Waals surface area (Å²) < 4.78 is 0. The average molecular weight is 479 g/mol. The van der Waals surface area contributed by atoms with E-state index in [0.717, 1.165) is 0 Å². The summed E-state index contributed by atoms with van der Waals surface area (Å²) in [5.74, 6) is -1.97. The molecule has 0 bridgehead atoms. The Morgan fingerprint density at radius 1 is 1.06 bits per heavy atom. The Kier molecular flexibility index (Phi) is 5.86. The zero-order chi connectivity index (χ0) is 22.1. The second-order valence-corrected chi connectivity index (χ2v) is 7.93. The van der Waals surface area contributed by atoms with Gasteiger partial charge in [0.05, 0.1) is 27.2 Å². The molecule has 1 aliphatic rings. The van der Waals surface area contributed by atoms with E-state index in [1.807, 2.05) is 0 Å². The molecule has 8 nitrogen and oxygen atoms in total. The normalized spacial score (nSPS) is 15.1. The molecule has 2 heterocycles. The maximum Gasteiger partial charge on any atom is 0.258 e. The molecule has 0 fully saturated rings. The molecule has 0 radical (unpaired) electrons. The molecule has 3 aromatic rings. The number of benzene rings is 2. The van der Waals surface area contributed by atoms with E-state index in [1.165, 1.54) is 0 Å². The van der Waals surface area contributed by atoms with Crippen LogP contribution in [-0.2, 0) is 9.59 Å². The molecule has 31 heavy (non-hydrogen) atoms. The standard InChI is InChI=1S/C20H14Cl3N5O3/c21-9-4-6-10(7-5-9)24-20-27-17-15(19(31)28-20)11(8-14(29)26-17)18(30)25-13-3-1-2-12(22)16(13)23/h1-7,11H,8H2,(H,25,30)(H3,24,26,27,28,29,31)/t11-/m1/s1. The number of amides is 2. The average Bonchev–Trinajstić information content (AvgIpc) is 2.72. The number of carbonyl (C=O) groups is 2. The maximum absolute atomic E-state index is 12.9. The Hall–Kier alpha value is -3.07. The second kappa shape index (κ2) is 8.58. The van der Waals surface area contributed by atoms with Gasteiger partial charge in [0.25, 0.3) is 5.56 Å². The molecular weight excluding hydrogens is 465 g/mol. The Morgan fingerprint density at radius 2 is 1.81 bits per heavy atom. The van der Waals surface area contributed by atoms with Crippen molar-refractivity contribution < 1.29 is 9.59 Å². The van der Waals surface area contributed by atoms with Crippen LogP contribution in [0.4, 0.5) is 23.1 Å². The van der Waals surface area contributed by atoms with Crippen molar-refractivity contribution in [1.29, 1.82) is 0 Å². The number of hydrogen-bond acceptors (Lipinski definition) is 5. The molecule has 0 saturated carbocycles. The fraction of sp³-hybridized carbons (Fsp3) is 0.100. The van der Waals surface area contributed by atoms with Gasteiger partial charge in [0.1, 0.15) is 5.82 Å². The first-order valence-corrected chi connectivity index (χ1v) is 10.2. The smallest absolute Gasteiger partial charge is 0.258 e. The first-order valence-electron chi connectivity index (χ1n) is 9.03. The fourth-order valence-electron chi connectivity index (χ4n) is 3.14. The molecule has 4 N–H and O–H groups in total. The number of aromatic nitrogens is 2. The van der Waals surface area contributed by atoms with Crippen LogP contribution in [0.25, 0.3) is 0 Å². The van der Waals surface area contributed by atoms with Crippen LogP contribution in [0, 0.1) is 0 Å². The van der Waals surface area contributed by atoms with Gasteiger partial charge in [0.2, 0.25) is 17.8 Å². The molecule has 158 valence electrons. The van der Waals surface area contributed by atoms with Crippen LogP contribution in [0.5, 0.6) is 0 Å². The van der Waals surface area contributed by atoms with Gasteiger partial charge in [0, 0.05) is 17.1 Å². The monoisotopic (exact) mass is 477 g/mol. The molecule has 0 unspecified atom stereocenters. The number of aromatic amines is 1. The lowest BCUT2D eigenvalue weighted by atomic mass is 9.92. The van der Waals surface area contributed by atoms with Gasteiger partial charge in [0.15, 0.2) is 0 Å². The number of rotatable bonds is 4. The van der Waals surface area contributed by atoms with E-state index in [4.69, 9.17) is 34.8 Å². The summed E-state index contributed by atoms with van der Waals surface area (Å²) in [6, 6.07) is 11.5. The molecular formula is C20H14Cl3N5O3. The number of nitrogens with zero attached hydrogens (tertiary/aromatic N) is 1. The maximum atomic E-state index is 12.9. The van der Waals surface area contributed by atoms with E-state index >= 15 is 0 Å². The quantitative estimate of drug-likeness (QED) is 0.439. The zero-order valence-corrected chi connectivity index (χ0v) is 17.9. The number of fused-ring (bicyclic) bond motifs is 1. The van der Waals surface area contributed by atoms with Gasteiger partial charge in [-0.1, -0.05) is 40.9 Å². The van der Waals surface area contributed by atoms with Crippen molar-refractivity contribution in [1.82, 2.24) is 9.97 Å². The minimum Gasteiger partial charge on any atom is -0.326 e. The fourth-order valence-corrected chi connectivity index (χ4v) is 3.62. The molecule has 4 rings (SSSR count). The van der Waals surface area contributed by atoms with Gasteiger partial charge in [-0.3, -0.25) is 19.4 Å². The van der Waals surface area contributed by atoms with E-state index in [1.54, 1.807) is 42.5 Å². The zero-order valence-electron chi connectivity index (χ0n) is 15.6. The van der Waals surface area contributed by atoms with Gasteiger partial charge >= 0.3 is 0 Å². The summed E-state index contributed by atoms with van der Waals surface area (Å²) in [6.45, 7) is 0. The van der Waals surface area contributed by atoms with E-state index in [9.17, 15) is 14.4 Å². The molecule has 2 aromatic carbocycles. The SMILES string of the molecule is O=C1C[C@@H](C(=O)Nc2cccc(Cl)c2Cl)c2c(nc(Nc3ccc(Cl)cc3)[nH]c2=O)N1. The highest BCUT2D eigenvalue weighted by Gasteiger charge is 2.35. The highest BCUT2D eigenvalue weighted by atomic mass is 35.5. The summed E-state index contributed by atoms with van der Waals surface area (Å²) >= 11 is 18.0. The molecule has 1 aromatic heterocycles. The minimum atomic E-state index is -1.06. The molecule has 11 heteroatoms. The topological polar surface area (TPSA) is 116 Å². The number of hydrogen-bond donors (Lipinski definition) is 4. The molecule has 0 aliphatic carbocycles. The molecule has 0 spiro atoms. The molecule has 2 amide bonds. The predicted octanol–water partition coefficient (Wildman–Crippen LogP) is 4.54. The third kappa shape index (κ3) is 4.51. The Bertz CT molecular complexity index is 1240. The second-order valence-electron chi connectivity index (χ2n) is 6.70. The van der Waals surface area contributed by atoms with Crippen molar-refractivity contribution in [2.75, 3.05) is 16.0 Å². The van der Waals surface area contributed by atoms with Gasteiger partial charge in [-0.15, -0.1) is 0 Å². The summed E-state index contributed by atoms with van der Waals surface area (Å²) in [5, 5.41) is 9.07. The number of H-pyrrole nitrogens is 1. The summed E-state index contributed by atoms with van der Waals surface area (Å²) in [6.07, 6.45) is -0.217. The lowest BCUT2D eigenvalue weighted by Crippen LogP contribution is -2.36. The highest BCUT2D eigenvalue weighted by Crippen LogP contribution is 2.33. The number of anilines is 4. The van der Waals surface area contributed by atoms with Gasteiger partial charge in [-0.05, 0) is 36.4 Å². The third-order valence-corrected chi connectivity index (χ3v) is 5.65. The van der Waals surface area contributed by atoms with E-state index in [2.05, 4.69) is 25.9 Å². The van der Waals surface area contributed by atoms with Crippen molar-refractivity contribution in [3.63, 3.8) is 0 Å². The first-order chi connectivity index (χ1) is 14.8. The lowest BCUT2D eigenvalue weighted by Gasteiger charge is -2.24. The van der Waals surface area contributed by atoms with Crippen molar-refractivity contribution >= 4 is 69.8 Å².